The summed E-state index contributed by atoms with van der Waals surface area (Å²) in [7, 11) is 1.48. The van der Waals surface area contributed by atoms with Crippen LogP contribution in [0.25, 0.3) is 22.3 Å². The van der Waals surface area contributed by atoms with Gasteiger partial charge in [-0.25, -0.2) is 0 Å². The summed E-state index contributed by atoms with van der Waals surface area (Å²) in [4.78, 5) is 12.4. The van der Waals surface area contributed by atoms with Gasteiger partial charge in [0.1, 0.15) is 5.58 Å². The lowest BCUT2D eigenvalue weighted by molar-refractivity contribution is 0.399. The fraction of sp³-hybridized carbons (Fsp3) is 0.118. The minimum atomic E-state index is -0.148. The van der Waals surface area contributed by atoms with Crippen molar-refractivity contribution in [3.05, 3.63) is 64.3 Å². The molecule has 0 amide bonds. The van der Waals surface area contributed by atoms with Gasteiger partial charge in [0.15, 0.2) is 5.76 Å². The normalized spacial score (nSPS) is 10.7. The lowest BCUT2D eigenvalue weighted by atomic mass is 10.1. The third kappa shape index (κ3) is 1.97. The maximum absolute atomic E-state index is 12.4. The molecule has 3 rings (SSSR count). The van der Waals surface area contributed by atoms with Crippen molar-refractivity contribution in [2.45, 2.75) is 6.92 Å². The standard InChI is InChI=1S/C17H14O3/c1-11-7-9-12(10-8-11)16-17(19-2)15(18)13-5-3-4-6-14(13)20-16/h3-10H,1-2H3. The number of ether oxygens (including phenoxy) is 1. The van der Waals surface area contributed by atoms with Gasteiger partial charge in [-0.2, -0.15) is 0 Å². The highest BCUT2D eigenvalue weighted by molar-refractivity contribution is 5.81. The highest BCUT2D eigenvalue weighted by atomic mass is 16.5. The number of benzene rings is 2. The second-order valence-corrected chi connectivity index (χ2v) is 4.66. The lowest BCUT2D eigenvalue weighted by Gasteiger charge is -2.09. The maximum Gasteiger partial charge on any atom is 0.235 e. The van der Waals surface area contributed by atoms with Gasteiger partial charge in [0, 0.05) is 5.56 Å². The van der Waals surface area contributed by atoms with Gasteiger partial charge in [-0.3, -0.25) is 4.79 Å². The predicted octanol–water partition coefficient (Wildman–Crippen LogP) is 3.78. The SMILES string of the molecule is COc1c(-c2ccc(C)cc2)oc2ccccc2c1=O. The van der Waals surface area contributed by atoms with E-state index in [0.29, 0.717) is 16.7 Å². The van der Waals surface area contributed by atoms with Crippen LogP contribution < -0.4 is 10.2 Å². The smallest absolute Gasteiger partial charge is 0.235 e. The molecule has 0 aliphatic rings. The van der Waals surface area contributed by atoms with Crippen LogP contribution in [0.15, 0.2) is 57.7 Å². The molecule has 0 aliphatic heterocycles. The summed E-state index contributed by atoms with van der Waals surface area (Å²) in [5.74, 6) is 0.712. The molecule has 1 heterocycles. The molecule has 2 aromatic carbocycles. The second kappa shape index (κ2) is 4.85. The van der Waals surface area contributed by atoms with E-state index in [1.165, 1.54) is 7.11 Å². The summed E-state index contributed by atoms with van der Waals surface area (Å²) < 4.78 is 11.1. The van der Waals surface area contributed by atoms with Crippen molar-refractivity contribution >= 4 is 11.0 Å². The molecule has 1 aromatic heterocycles. The molecule has 0 bridgehead atoms. The van der Waals surface area contributed by atoms with Crippen molar-refractivity contribution in [3.63, 3.8) is 0 Å². The Kier molecular flexibility index (Phi) is 3.03. The van der Waals surface area contributed by atoms with E-state index in [0.717, 1.165) is 11.1 Å². The Morgan fingerprint density at radius 3 is 2.40 bits per heavy atom. The Morgan fingerprint density at radius 2 is 1.70 bits per heavy atom. The quantitative estimate of drug-likeness (QED) is 0.708. The Hall–Kier alpha value is -2.55. The van der Waals surface area contributed by atoms with Crippen LogP contribution in [0.1, 0.15) is 5.56 Å². The van der Waals surface area contributed by atoms with Gasteiger partial charge in [0.2, 0.25) is 11.2 Å². The van der Waals surface area contributed by atoms with Crippen molar-refractivity contribution in [1.29, 1.82) is 0 Å². The van der Waals surface area contributed by atoms with Crippen LogP contribution in [-0.2, 0) is 0 Å². The minimum absolute atomic E-state index is 0.148. The van der Waals surface area contributed by atoms with Crippen LogP contribution in [0, 0.1) is 6.92 Å². The molecular weight excluding hydrogens is 252 g/mol. The van der Waals surface area contributed by atoms with E-state index in [4.69, 9.17) is 9.15 Å². The topological polar surface area (TPSA) is 39.4 Å². The summed E-state index contributed by atoms with van der Waals surface area (Å²) in [5.41, 5.74) is 2.39. The maximum atomic E-state index is 12.4. The van der Waals surface area contributed by atoms with E-state index in [1.807, 2.05) is 43.3 Å². The number of fused-ring (bicyclic) bond motifs is 1. The highest BCUT2D eigenvalue weighted by Gasteiger charge is 2.16. The van der Waals surface area contributed by atoms with E-state index in [9.17, 15) is 4.79 Å². The highest BCUT2D eigenvalue weighted by Crippen LogP contribution is 2.30. The van der Waals surface area contributed by atoms with Crippen molar-refractivity contribution in [1.82, 2.24) is 0 Å². The van der Waals surface area contributed by atoms with Gasteiger partial charge in [-0.05, 0) is 19.1 Å². The number of hydrogen-bond donors (Lipinski definition) is 0. The van der Waals surface area contributed by atoms with Gasteiger partial charge in [0.25, 0.3) is 0 Å². The van der Waals surface area contributed by atoms with Gasteiger partial charge >= 0.3 is 0 Å². The zero-order chi connectivity index (χ0) is 14.1. The van der Waals surface area contributed by atoms with E-state index in [-0.39, 0.29) is 11.2 Å². The Labute approximate surface area is 116 Å². The zero-order valence-corrected chi connectivity index (χ0v) is 11.3. The third-order valence-electron chi connectivity index (χ3n) is 3.27. The van der Waals surface area contributed by atoms with E-state index < -0.39 is 0 Å². The fourth-order valence-electron chi connectivity index (χ4n) is 2.21. The van der Waals surface area contributed by atoms with Crippen LogP contribution in [0.2, 0.25) is 0 Å². The number of rotatable bonds is 2. The molecule has 0 radical (unpaired) electrons. The van der Waals surface area contributed by atoms with E-state index in [2.05, 4.69) is 0 Å². The molecule has 3 heteroatoms. The minimum Gasteiger partial charge on any atom is -0.490 e. The largest absolute Gasteiger partial charge is 0.490 e. The number of para-hydroxylation sites is 1. The Balaban J connectivity index is 2.34. The molecule has 0 N–H and O–H groups in total. The Morgan fingerprint density at radius 1 is 1.00 bits per heavy atom. The third-order valence-corrected chi connectivity index (χ3v) is 3.27. The molecule has 3 nitrogen and oxygen atoms in total. The zero-order valence-electron chi connectivity index (χ0n) is 11.3. The van der Waals surface area contributed by atoms with Crippen LogP contribution >= 0.6 is 0 Å². The molecule has 0 fully saturated rings. The van der Waals surface area contributed by atoms with E-state index >= 15 is 0 Å². The van der Waals surface area contributed by atoms with Crippen LogP contribution in [0.4, 0.5) is 0 Å². The molecule has 0 spiro atoms. The van der Waals surface area contributed by atoms with Crippen molar-refractivity contribution in [2.75, 3.05) is 7.11 Å². The molecule has 0 atom stereocenters. The number of aryl methyl sites for hydroxylation is 1. The van der Waals surface area contributed by atoms with Gasteiger partial charge in [-0.15, -0.1) is 0 Å². The van der Waals surface area contributed by atoms with Crippen LogP contribution in [0.5, 0.6) is 5.75 Å². The van der Waals surface area contributed by atoms with Crippen LogP contribution in [0.3, 0.4) is 0 Å². The first kappa shape index (κ1) is 12.5. The molecular formula is C17H14O3. The van der Waals surface area contributed by atoms with Gasteiger partial charge in [-0.1, -0.05) is 42.0 Å². The fourth-order valence-corrected chi connectivity index (χ4v) is 2.21. The summed E-state index contributed by atoms with van der Waals surface area (Å²) in [6.07, 6.45) is 0. The van der Waals surface area contributed by atoms with Gasteiger partial charge < -0.3 is 9.15 Å². The summed E-state index contributed by atoms with van der Waals surface area (Å²) in [6, 6.07) is 15.0. The molecule has 3 aromatic rings. The molecule has 100 valence electrons. The monoisotopic (exact) mass is 266 g/mol. The summed E-state index contributed by atoms with van der Waals surface area (Å²) in [5, 5.41) is 0.528. The lowest BCUT2D eigenvalue weighted by Crippen LogP contribution is -2.07. The molecule has 0 unspecified atom stereocenters. The van der Waals surface area contributed by atoms with Gasteiger partial charge in [0.05, 0.1) is 12.5 Å². The molecule has 0 saturated carbocycles. The van der Waals surface area contributed by atoms with Crippen molar-refractivity contribution in [2.24, 2.45) is 0 Å². The average Bonchev–Trinajstić information content (AvgIpc) is 2.48. The number of methoxy groups -OCH3 is 1. The molecule has 0 saturated heterocycles. The second-order valence-electron chi connectivity index (χ2n) is 4.66. The molecule has 0 aliphatic carbocycles. The first-order valence-corrected chi connectivity index (χ1v) is 6.37. The summed E-state index contributed by atoms with van der Waals surface area (Å²) >= 11 is 0. The first-order valence-electron chi connectivity index (χ1n) is 6.37. The van der Waals surface area contributed by atoms with Crippen molar-refractivity contribution in [3.8, 4) is 17.1 Å². The molecule has 20 heavy (non-hydrogen) atoms. The number of hydrogen-bond acceptors (Lipinski definition) is 3. The average molecular weight is 266 g/mol. The predicted molar refractivity (Wildman–Crippen MR) is 79.2 cm³/mol. The Bertz CT molecular complexity index is 814. The van der Waals surface area contributed by atoms with Crippen LogP contribution in [-0.4, -0.2) is 7.11 Å². The van der Waals surface area contributed by atoms with Crippen molar-refractivity contribution < 1.29 is 9.15 Å². The first-order chi connectivity index (χ1) is 9.70. The van der Waals surface area contributed by atoms with E-state index in [1.54, 1.807) is 12.1 Å². The summed E-state index contributed by atoms with van der Waals surface area (Å²) in [6.45, 7) is 2.01.